The molecule has 0 aromatic heterocycles. The predicted molar refractivity (Wildman–Crippen MR) is 137 cm³/mol. The Morgan fingerprint density at radius 2 is 1.06 bits per heavy atom. The SMILES string of the molecule is Cc1ccc(C(=O)CS(OS(=O)(=O)c2ccc(C)cc2)(c2ccccc2)c2ccccc2)cc1. The van der Waals surface area contributed by atoms with Crippen LogP contribution in [0.4, 0.5) is 0 Å². The molecule has 0 heterocycles. The summed E-state index contributed by atoms with van der Waals surface area (Å²) in [7, 11) is -6.95. The third-order valence-corrected chi connectivity index (χ3v) is 10.7. The lowest BCUT2D eigenvalue weighted by Crippen LogP contribution is -2.21. The van der Waals surface area contributed by atoms with Crippen molar-refractivity contribution in [2.24, 2.45) is 0 Å². The van der Waals surface area contributed by atoms with Gasteiger partial charge in [0.2, 0.25) is 0 Å². The number of hydrogen-bond donors (Lipinski definition) is 0. The van der Waals surface area contributed by atoms with Crippen LogP contribution in [0.5, 0.6) is 0 Å². The van der Waals surface area contributed by atoms with Gasteiger partial charge in [0, 0.05) is 15.4 Å². The molecular formula is C28H26O4S2. The van der Waals surface area contributed by atoms with E-state index >= 15 is 0 Å². The van der Waals surface area contributed by atoms with Crippen LogP contribution in [0.1, 0.15) is 21.5 Å². The van der Waals surface area contributed by atoms with E-state index in [1.165, 1.54) is 12.1 Å². The van der Waals surface area contributed by atoms with Crippen molar-refractivity contribution >= 4 is 26.2 Å². The molecule has 4 rings (SSSR count). The molecule has 0 aliphatic carbocycles. The number of hydrogen-bond acceptors (Lipinski definition) is 4. The molecule has 0 unspecified atom stereocenters. The second kappa shape index (κ2) is 9.97. The van der Waals surface area contributed by atoms with E-state index in [2.05, 4.69) is 0 Å². The van der Waals surface area contributed by atoms with Crippen molar-refractivity contribution in [2.75, 3.05) is 5.75 Å². The molecule has 6 heteroatoms. The number of carbonyl (C=O) groups excluding carboxylic acids is 1. The highest BCUT2D eigenvalue weighted by Gasteiger charge is 2.38. The lowest BCUT2D eigenvalue weighted by atomic mass is 10.1. The van der Waals surface area contributed by atoms with Gasteiger partial charge in [-0.2, -0.15) is 8.42 Å². The van der Waals surface area contributed by atoms with Gasteiger partial charge in [-0.1, -0.05) is 94.2 Å². The fourth-order valence-corrected chi connectivity index (χ4v) is 8.75. The molecule has 4 aromatic carbocycles. The zero-order valence-electron chi connectivity index (χ0n) is 19.0. The van der Waals surface area contributed by atoms with Crippen LogP contribution in [0.2, 0.25) is 0 Å². The van der Waals surface area contributed by atoms with Crippen LogP contribution >= 0.6 is 10.3 Å². The van der Waals surface area contributed by atoms with Gasteiger partial charge in [-0.25, -0.2) is 3.63 Å². The van der Waals surface area contributed by atoms with Crippen LogP contribution in [0.25, 0.3) is 0 Å². The van der Waals surface area contributed by atoms with E-state index in [1.54, 1.807) is 24.3 Å². The van der Waals surface area contributed by atoms with Gasteiger partial charge in [-0.05, 0) is 50.2 Å². The van der Waals surface area contributed by atoms with Crippen molar-refractivity contribution in [1.29, 1.82) is 0 Å². The first-order valence-corrected chi connectivity index (χ1v) is 14.0. The average Bonchev–Trinajstić information content (AvgIpc) is 2.85. The maximum absolute atomic E-state index is 13.6. The smallest absolute Gasteiger partial charge is 0.293 e. The highest BCUT2D eigenvalue weighted by Crippen LogP contribution is 2.65. The molecule has 0 fully saturated rings. The molecular weight excluding hydrogens is 464 g/mol. The zero-order valence-corrected chi connectivity index (χ0v) is 20.7. The summed E-state index contributed by atoms with van der Waals surface area (Å²) < 4.78 is 33.3. The molecule has 0 atom stereocenters. The molecule has 174 valence electrons. The maximum atomic E-state index is 13.6. The molecule has 0 spiro atoms. The van der Waals surface area contributed by atoms with Crippen LogP contribution in [0, 0.1) is 13.8 Å². The quantitative estimate of drug-likeness (QED) is 0.257. The first kappa shape index (κ1) is 24.0. The van der Waals surface area contributed by atoms with Gasteiger partial charge in [-0.15, -0.1) is 0 Å². The maximum Gasteiger partial charge on any atom is 0.306 e. The van der Waals surface area contributed by atoms with Gasteiger partial charge in [-0.3, -0.25) is 4.79 Å². The number of aryl methyl sites for hydroxylation is 2. The molecule has 0 radical (unpaired) electrons. The number of ketones is 1. The van der Waals surface area contributed by atoms with E-state index < -0.39 is 20.4 Å². The van der Waals surface area contributed by atoms with Crippen LogP contribution in [-0.4, -0.2) is 20.0 Å². The van der Waals surface area contributed by atoms with Crippen LogP contribution in [-0.2, 0) is 13.7 Å². The first-order valence-electron chi connectivity index (χ1n) is 10.8. The first-order chi connectivity index (χ1) is 16.3. The number of benzene rings is 4. The van der Waals surface area contributed by atoms with E-state index in [9.17, 15) is 13.2 Å². The summed E-state index contributed by atoms with van der Waals surface area (Å²) in [6, 6.07) is 32.2. The molecule has 34 heavy (non-hydrogen) atoms. The van der Waals surface area contributed by atoms with Crippen LogP contribution in [0.15, 0.2) is 124 Å². The molecule has 0 amide bonds. The normalized spacial score (nSPS) is 12.3. The number of rotatable bonds is 8. The fraction of sp³-hybridized carbons (Fsp3) is 0.107. The third-order valence-electron chi connectivity index (χ3n) is 5.47. The lowest BCUT2D eigenvalue weighted by Gasteiger charge is -2.38. The van der Waals surface area contributed by atoms with Gasteiger partial charge in [0.1, 0.15) is 0 Å². The topological polar surface area (TPSA) is 60.4 Å². The van der Waals surface area contributed by atoms with Gasteiger partial charge >= 0.3 is 10.1 Å². The van der Waals surface area contributed by atoms with Crippen LogP contribution in [0.3, 0.4) is 0 Å². The third kappa shape index (κ3) is 5.14. The molecule has 0 saturated heterocycles. The molecule has 0 saturated carbocycles. The van der Waals surface area contributed by atoms with Crippen molar-refractivity contribution in [3.8, 4) is 0 Å². The predicted octanol–water partition coefficient (Wildman–Crippen LogP) is 6.73. The lowest BCUT2D eigenvalue weighted by molar-refractivity contribution is 0.102. The summed E-state index contributed by atoms with van der Waals surface area (Å²) in [4.78, 5) is 14.9. The Hall–Kier alpha value is -3.19. The van der Waals surface area contributed by atoms with Gasteiger partial charge in [0.05, 0.1) is 10.6 Å². The van der Waals surface area contributed by atoms with Crippen LogP contribution < -0.4 is 0 Å². The molecule has 4 nitrogen and oxygen atoms in total. The summed E-state index contributed by atoms with van der Waals surface area (Å²) in [5, 5.41) is 0. The standard InChI is InChI=1S/C28H26O4S2/c1-22-13-17-24(18-14-22)28(29)21-33(25-9-5-3-6-10-25,26-11-7-4-8-12-26)32-34(30,31)27-19-15-23(2)16-20-27/h3-20H,21H2,1-2H3. The Balaban J connectivity index is 1.88. The van der Waals surface area contributed by atoms with Crippen molar-refractivity contribution in [3.05, 3.63) is 126 Å². The van der Waals surface area contributed by atoms with Crippen molar-refractivity contribution < 1.29 is 16.8 Å². The highest BCUT2D eigenvalue weighted by molar-refractivity contribution is 8.33. The summed E-state index contributed by atoms with van der Waals surface area (Å²) >= 11 is 0. The van der Waals surface area contributed by atoms with Gasteiger partial charge < -0.3 is 0 Å². The van der Waals surface area contributed by atoms with Crippen molar-refractivity contribution in [3.63, 3.8) is 0 Å². The minimum absolute atomic E-state index is 0.0598. The fourth-order valence-electron chi connectivity index (χ4n) is 3.59. The minimum atomic E-state index is -4.18. The van der Waals surface area contributed by atoms with E-state index in [0.29, 0.717) is 15.4 Å². The summed E-state index contributed by atoms with van der Waals surface area (Å²) in [5.74, 6) is -0.281. The summed E-state index contributed by atoms with van der Waals surface area (Å²) in [6.07, 6.45) is 0. The Morgan fingerprint density at radius 1 is 0.618 bits per heavy atom. The van der Waals surface area contributed by atoms with Crippen molar-refractivity contribution in [1.82, 2.24) is 0 Å². The van der Waals surface area contributed by atoms with E-state index in [4.69, 9.17) is 3.63 Å². The molecule has 4 aromatic rings. The average molecular weight is 491 g/mol. The number of carbonyl (C=O) groups is 1. The largest absolute Gasteiger partial charge is 0.306 e. The highest BCUT2D eigenvalue weighted by atomic mass is 32.3. The molecule has 0 aliphatic rings. The van der Waals surface area contributed by atoms with Gasteiger partial charge in [0.15, 0.2) is 5.78 Å². The second-order valence-electron chi connectivity index (χ2n) is 8.07. The van der Waals surface area contributed by atoms with Gasteiger partial charge in [0.25, 0.3) is 0 Å². The van der Waals surface area contributed by atoms with Crippen molar-refractivity contribution in [2.45, 2.75) is 28.5 Å². The molecule has 0 aliphatic heterocycles. The number of Topliss-reactive ketones (excluding diaryl/α,β-unsaturated/α-hetero) is 1. The molecule has 0 N–H and O–H groups in total. The summed E-state index contributed by atoms with van der Waals surface area (Å²) in [5.41, 5.74) is 2.50. The van der Waals surface area contributed by atoms with E-state index in [1.807, 2.05) is 86.6 Å². The monoisotopic (exact) mass is 490 g/mol. The molecule has 0 bridgehead atoms. The van der Waals surface area contributed by atoms with E-state index in [0.717, 1.165) is 11.1 Å². The Bertz CT molecular complexity index is 1320. The van der Waals surface area contributed by atoms with E-state index in [-0.39, 0.29) is 16.4 Å². The minimum Gasteiger partial charge on any atom is -0.293 e. The Kier molecular flexibility index (Phi) is 7.03. The second-order valence-corrected chi connectivity index (χ2v) is 12.6. The summed E-state index contributed by atoms with van der Waals surface area (Å²) in [6.45, 7) is 3.84. The zero-order chi connectivity index (χ0) is 24.2. The Morgan fingerprint density at radius 3 is 1.53 bits per heavy atom. The Labute approximate surface area is 202 Å².